The van der Waals surface area contributed by atoms with Gasteiger partial charge < -0.3 is 10.4 Å². The zero-order valence-corrected chi connectivity index (χ0v) is 10.7. The van der Waals surface area contributed by atoms with Gasteiger partial charge in [0.1, 0.15) is 5.75 Å². The van der Waals surface area contributed by atoms with E-state index < -0.39 is 10.8 Å². The molecule has 0 fully saturated rings. The number of anilines is 1. The van der Waals surface area contributed by atoms with Crippen molar-refractivity contribution >= 4 is 17.3 Å². The second-order valence-corrected chi connectivity index (χ2v) is 4.26. The van der Waals surface area contributed by atoms with Crippen LogP contribution in [0.2, 0.25) is 0 Å². The first kappa shape index (κ1) is 13.5. The molecule has 0 aromatic heterocycles. The molecule has 0 aliphatic carbocycles. The number of carbonyl (C=O) groups excluding carboxylic acids is 1. The van der Waals surface area contributed by atoms with Crippen molar-refractivity contribution in [3.63, 3.8) is 0 Å². The third kappa shape index (κ3) is 2.92. The summed E-state index contributed by atoms with van der Waals surface area (Å²) >= 11 is 0. The maximum absolute atomic E-state index is 12.0. The standard InChI is InChI=1S/C14H12N2O4/c1-9-7-11(5-6-13(9)17)15-14(18)10-3-2-4-12(8-10)16(19)20/h2-8,17H,1H3,(H,15,18). The maximum Gasteiger partial charge on any atom is 0.270 e. The van der Waals surface area contributed by atoms with Crippen molar-refractivity contribution in [2.45, 2.75) is 6.92 Å². The van der Waals surface area contributed by atoms with E-state index in [1.165, 1.54) is 30.3 Å². The molecule has 0 saturated carbocycles. The Hall–Kier alpha value is -2.89. The van der Waals surface area contributed by atoms with Crippen LogP contribution in [0.5, 0.6) is 5.75 Å². The van der Waals surface area contributed by atoms with Gasteiger partial charge in [0.15, 0.2) is 0 Å². The number of carbonyl (C=O) groups is 1. The summed E-state index contributed by atoms with van der Waals surface area (Å²) in [5, 5.41) is 22.7. The number of nitro groups is 1. The Morgan fingerprint density at radius 1 is 1.25 bits per heavy atom. The minimum absolute atomic E-state index is 0.137. The molecule has 0 heterocycles. The molecule has 0 atom stereocenters. The SMILES string of the molecule is Cc1cc(NC(=O)c2cccc([N+](=O)[O-])c2)ccc1O. The van der Waals surface area contributed by atoms with Crippen molar-refractivity contribution in [1.29, 1.82) is 0 Å². The lowest BCUT2D eigenvalue weighted by atomic mass is 10.1. The van der Waals surface area contributed by atoms with E-state index in [1.54, 1.807) is 19.1 Å². The molecule has 102 valence electrons. The smallest absolute Gasteiger partial charge is 0.270 e. The Balaban J connectivity index is 2.21. The third-order valence-corrected chi connectivity index (χ3v) is 2.77. The summed E-state index contributed by atoms with van der Waals surface area (Å²) in [5.74, 6) is -0.308. The quantitative estimate of drug-likeness (QED) is 0.510. The largest absolute Gasteiger partial charge is 0.508 e. The van der Waals surface area contributed by atoms with E-state index in [4.69, 9.17) is 0 Å². The first-order chi connectivity index (χ1) is 9.47. The van der Waals surface area contributed by atoms with Crippen LogP contribution in [0.4, 0.5) is 11.4 Å². The number of phenolic OH excluding ortho intramolecular Hbond substituents is 1. The van der Waals surface area contributed by atoms with E-state index >= 15 is 0 Å². The van der Waals surface area contributed by atoms with Crippen molar-refractivity contribution in [1.82, 2.24) is 0 Å². The van der Waals surface area contributed by atoms with Crippen LogP contribution in [0.15, 0.2) is 42.5 Å². The van der Waals surface area contributed by atoms with Crippen LogP contribution in [-0.4, -0.2) is 15.9 Å². The molecule has 0 aliphatic heterocycles. The van der Waals surface area contributed by atoms with Crippen LogP contribution < -0.4 is 5.32 Å². The van der Waals surface area contributed by atoms with Crippen molar-refractivity contribution in [2.75, 3.05) is 5.32 Å². The van der Waals surface area contributed by atoms with Crippen LogP contribution in [0.3, 0.4) is 0 Å². The van der Waals surface area contributed by atoms with Crippen molar-refractivity contribution in [3.8, 4) is 5.75 Å². The molecule has 2 aromatic carbocycles. The number of benzene rings is 2. The number of non-ortho nitro benzene ring substituents is 1. The molecular weight excluding hydrogens is 260 g/mol. The van der Waals surface area contributed by atoms with Gasteiger partial charge in [-0.15, -0.1) is 0 Å². The van der Waals surface area contributed by atoms with Gasteiger partial charge in [-0.2, -0.15) is 0 Å². The number of nitrogens with one attached hydrogen (secondary N) is 1. The van der Waals surface area contributed by atoms with E-state index in [0.29, 0.717) is 11.3 Å². The summed E-state index contributed by atoms with van der Waals surface area (Å²) in [6.07, 6.45) is 0. The van der Waals surface area contributed by atoms with Crippen LogP contribution in [0.1, 0.15) is 15.9 Å². The predicted molar refractivity (Wildman–Crippen MR) is 73.9 cm³/mol. The van der Waals surface area contributed by atoms with E-state index in [9.17, 15) is 20.0 Å². The first-order valence-electron chi connectivity index (χ1n) is 5.83. The van der Waals surface area contributed by atoms with Gasteiger partial charge in [-0.25, -0.2) is 0 Å². The summed E-state index contributed by atoms with van der Waals surface area (Å²) in [6, 6.07) is 10.1. The Bertz CT molecular complexity index is 683. The number of aryl methyl sites for hydroxylation is 1. The molecule has 0 spiro atoms. The van der Waals surface area contributed by atoms with Crippen LogP contribution in [-0.2, 0) is 0 Å². The number of nitro benzene ring substituents is 1. The molecule has 0 saturated heterocycles. The molecule has 6 nitrogen and oxygen atoms in total. The van der Waals surface area contributed by atoms with E-state index in [2.05, 4.69) is 5.32 Å². The highest BCUT2D eigenvalue weighted by atomic mass is 16.6. The summed E-state index contributed by atoms with van der Waals surface area (Å²) in [7, 11) is 0. The van der Waals surface area contributed by atoms with E-state index in [-0.39, 0.29) is 17.0 Å². The number of aromatic hydroxyl groups is 1. The second kappa shape index (κ2) is 5.40. The predicted octanol–water partition coefficient (Wildman–Crippen LogP) is 2.86. The van der Waals surface area contributed by atoms with Crippen molar-refractivity contribution < 1.29 is 14.8 Å². The molecule has 0 unspecified atom stereocenters. The van der Waals surface area contributed by atoms with Crippen molar-refractivity contribution in [3.05, 3.63) is 63.7 Å². The van der Waals surface area contributed by atoms with Gasteiger partial charge in [0.2, 0.25) is 0 Å². The molecule has 0 radical (unpaired) electrons. The topological polar surface area (TPSA) is 92.5 Å². The number of hydrogen-bond acceptors (Lipinski definition) is 4. The lowest BCUT2D eigenvalue weighted by Gasteiger charge is -2.07. The highest BCUT2D eigenvalue weighted by molar-refractivity contribution is 6.04. The summed E-state index contributed by atoms with van der Waals surface area (Å²) in [6.45, 7) is 1.71. The van der Waals surface area contributed by atoms with E-state index in [1.807, 2.05) is 0 Å². The minimum Gasteiger partial charge on any atom is -0.508 e. The second-order valence-electron chi connectivity index (χ2n) is 4.26. The highest BCUT2D eigenvalue weighted by Crippen LogP contribution is 2.21. The average molecular weight is 272 g/mol. The van der Waals surface area contributed by atoms with Gasteiger partial charge in [0.25, 0.3) is 11.6 Å². The van der Waals surface area contributed by atoms with Crippen LogP contribution in [0, 0.1) is 17.0 Å². The first-order valence-corrected chi connectivity index (χ1v) is 5.83. The maximum atomic E-state index is 12.0. The van der Waals surface area contributed by atoms with Gasteiger partial charge in [0.05, 0.1) is 4.92 Å². The molecule has 2 rings (SSSR count). The summed E-state index contributed by atoms with van der Waals surface area (Å²) in [5.41, 5.74) is 1.20. The lowest BCUT2D eigenvalue weighted by Crippen LogP contribution is -2.12. The molecule has 6 heteroatoms. The van der Waals surface area contributed by atoms with Gasteiger partial charge >= 0.3 is 0 Å². The number of hydrogen-bond donors (Lipinski definition) is 2. The number of nitrogens with zero attached hydrogens (tertiary/aromatic N) is 1. The van der Waals surface area contributed by atoms with Crippen molar-refractivity contribution in [2.24, 2.45) is 0 Å². The fourth-order valence-corrected chi connectivity index (χ4v) is 1.70. The molecule has 0 bridgehead atoms. The fourth-order valence-electron chi connectivity index (χ4n) is 1.70. The zero-order chi connectivity index (χ0) is 14.7. The van der Waals surface area contributed by atoms with Crippen LogP contribution >= 0.6 is 0 Å². The Labute approximate surface area is 114 Å². The van der Waals surface area contributed by atoms with E-state index in [0.717, 1.165) is 0 Å². The molecule has 2 aromatic rings. The van der Waals surface area contributed by atoms with Gasteiger partial charge in [0, 0.05) is 23.4 Å². The Morgan fingerprint density at radius 2 is 2.00 bits per heavy atom. The fraction of sp³-hybridized carbons (Fsp3) is 0.0714. The monoisotopic (exact) mass is 272 g/mol. The molecule has 0 aliphatic rings. The van der Waals surface area contributed by atoms with Gasteiger partial charge in [-0.3, -0.25) is 14.9 Å². The average Bonchev–Trinajstić information content (AvgIpc) is 2.43. The Kier molecular flexibility index (Phi) is 3.65. The van der Waals surface area contributed by atoms with Gasteiger partial charge in [-0.05, 0) is 36.8 Å². The summed E-state index contributed by atoms with van der Waals surface area (Å²) < 4.78 is 0. The molecule has 2 N–H and O–H groups in total. The molecule has 1 amide bonds. The van der Waals surface area contributed by atoms with Crippen LogP contribution in [0.25, 0.3) is 0 Å². The normalized spacial score (nSPS) is 10.1. The molecular formula is C14H12N2O4. The zero-order valence-electron chi connectivity index (χ0n) is 10.7. The Morgan fingerprint density at radius 3 is 2.65 bits per heavy atom. The highest BCUT2D eigenvalue weighted by Gasteiger charge is 2.11. The number of amides is 1. The summed E-state index contributed by atoms with van der Waals surface area (Å²) in [4.78, 5) is 22.1. The lowest BCUT2D eigenvalue weighted by molar-refractivity contribution is -0.384. The van der Waals surface area contributed by atoms with Gasteiger partial charge in [-0.1, -0.05) is 6.07 Å². The number of rotatable bonds is 3. The third-order valence-electron chi connectivity index (χ3n) is 2.77. The minimum atomic E-state index is -0.554. The molecule has 20 heavy (non-hydrogen) atoms. The number of phenols is 1.